The number of anilines is 1. The van der Waals surface area contributed by atoms with Crippen LogP contribution in [0.3, 0.4) is 0 Å². The average Bonchev–Trinajstić information content (AvgIpc) is 2.29. The molecule has 0 aliphatic heterocycles. The number of carbonyl (C=O) groups is 1. The molecule has 0 aliphatic carbocycles. The number of amides is 1. The van der Waals surface area contributed by atoms with E-state index in [0.717, 1.165) is 12.3 Å². The van der Waals surface area contributed by atoms with Crippen LogP contribution in [0.15, 0.2) is 24.3 Å². The Hall–Kier alpha value is -1.01. The lowest BCUT2D eigenvalue weighted by Gasteiger charge is -2.11. The second-order valence-electron chi connectivity index (χ2n) is 3.93. The number of likely N-dealkylation sites (N-methyl/N-ethyl adjacent to an activating group) is 1. The van der Waals surface area contributed by atoms with Gasteiger partial charge in [-0.05, 0) is 26.2 Å². The maximum atomic E-state index is 11.1. The molecule has 0 aliphatic rings. The SMILES string of the molecule is CN(C)CCOc1cccc(NC(=O)CN)c1.Cl.Cl. The summed E-state index contributed by atoms with van der Waals surface area (Å²) in [6, 6.07) is 7.26. The Kier molecular flexibility index (Phi) is 11.6. The molecule has 0 saturated carbocycles. The predicted molar refractivity (Wildman–Crippen MR) is 82.7 cm³/mol. The summed E-state index contributed by atoms with van der Waals surface area (Å²) in [5.74, 6) is 0.525. The van der Waals surface area contributed by atoms with Gasteiger partial charge in [0.05, 0.1) is 6.54 Å². The van der Waals surface area contributed by atoms with Crippen molar-refractivity contribution in [2.45, 2.75) is 0 Å². The summed E-state index contributed by atoms with van der Waals surface area (Å²) in [4.78, 5) is 13.2. The first-order chi connectivity index (χ1) is 8.11. The van der Waals surface area contributed by atoms with Crippen molar-refractivity contribution in [3.05, 3.63) is 24.3 Å². The number of halogens is 2. The third-order valence-electron chi connectivity index (χ3n) is 2.11. The Bertz CT molecular complexity index is 376. The first-order valence-electron chi connectivity index (χ1n) is 5.49. The third kappa shape index (κ3) is 8.67. The quantitative estimate of drug-likeness (QED) is 0.833. The minimum atomic E-state index is -0.213. The summed E-state index contributed by atoms with van der Waals surface area (Å²) in [6.45, 7) is 1.44. The lowest BCUT2D eigenvalue weighted by atomic mass is 10.3. The maximum Gasteiger partial charge on any atom is 0.238 e. The van der Waals surface area contributed by atoms with Crippen molar-refractivity contribution in [3.8, 4) is 5.75 Å². The number of ether oxygens (including phenoxy) is 1. The van der Waals surface area contributed by atoms with Gasteiger partial charge in [-0.2, -0.15) is 0 Å². The molecular weight excluding hydrogens is 289 g/mol. The van der Waals surface area contributed by atoms with Gasteiger partial charge in [0.2, 0.25) is 5.91 Å². The van der Waals surface area contributed by atoms with Gasteiger partial charge in [0, 0.05) is 18.3 Å². The van der Waals surface area contributed by atoms with Crippen molar-refractivity contribution >= 4 is 36.4 Å². The van der Waals surface area contributed by atoms with E-state index >= 15 is 0 Å². The molecule has 1 aromatic rings. The number of carbonyl (C=O) groups excluding carboxylic acids is 1. The fourth-order valence-corrected chi connectivity index (χ4v) is 1.22. The zero-order valence-corrected chi connectivity index (χ0v) is 12.7. The molecule has 0 heterocycles. The van der Waals surface area contributed by atoms with Crippen LogP contribution in [0.2, 0.25) is 0 Å². The van der Waals surface area contributed by atoms with Gasteiger partial charge >= 0.3 is 0 Å². The molecule has 5 nitrogen and oxygen atoms in total. The van der Waals surface area contributed by atoms with Crippen molar-refractivity contribution in [2.75, 3.05) is 39.1 Å². The van der Waals surface area contributed by atoms with E-state index in [2.05, 4.69) is 5.32 Å². The van der Waals surface area contributed by atoms with Gasteiger partial charge in [0.25, 0.3) is 0 Å². The van der Waals surface area contributed by atoms with E-state index in [4.69, 9.17) is 10.5 Å². The highest BCUT2D eigenvalue weighted by Gasteiger charge is 2.01. The minimum absolute atomic E-state index is 0. The molecule has 1 amide bonds. The fourth-order valence-electron chi connectivity index (χ4n) is 1.22. The Labute approximate surface area is 126 Å². The summed E-state index contributed by atoms with van der Waals surface area (Å²) in [7, 11) is 3.97. The van der Waals surface area contributed by atoms with Crippen molar-refractivity contribution < 1.29 is 9.53 Å². The summed E-state index contributed by atoms with van der Waals surface area (Å²) < 4.78 is 5.55. The van der Waals surface area contributed by atoms with E-state index < -0.39 is 0 Å². The Morgan fingerprint density at radius 3 is 2.63 bits per heavy atom. The van der Waals surface area contributed by atoms with E-state index in [9.17, 15) is 4.79 Å². The standard InChI is InChI=1S/C12H19N3O2.2ClH/c1-15(2)6-7-17-11-5-3-4-10(8-11)14-12(16)9-13;;/h3-5,8H,6-7,9,13H2,1-2H3,(H,14,16);2*1H. The van der Waals surface area contributed by atoms with Crippen LogP contribution < -0.4 is 15.8 Å². The number of benzene rings is 1. The first kappa shape index (κ1) is 20.3. The number of hydrogen-bond acceptors (Lipinski definition) is 4. The van der Waals surface area contributed by atoms with Crippen molar-refractivity contribution in [1.29, 1.82) is 0 Å². The molecule has 3 N–H and O–H groups in total. The molecule has 0 spiro atoms. The number of nitrogens with zero attached hydrogens (tertiary/aromatic N) is 1. The second-order valence-corrected chi connectivity index (χ2v) is 3.93. The zero-order valence-electron chi connectivity index (χ0n) is 11.1. The van der Waals surface area contributed by atoms with E-state index in [1.54, 1.807) is 12.1 Å². The van der Waals surface area contributed by atoms with E-state index in [0.29, 0.717) is 12.3 Å². The largest absolute Gasteiger partial charge is 0.492 e. The van der Waals surface area contributed by atoms with E-state index in [1.165, 1.54) is 0 Å². The van der Waals surface area contributed by atoms with E-state index in [1.807, 2.05) is 31.1 Å². The zero-order chi connectivity index (χ0) is 12.7. The molecule has 0 aromatic heterocycles. The molecule has 0 saturated heterocycles. The van der Waals surface area contributed by atoms with Crippen LogP contribution in [-0.2, 0) is 4.79 Å². The highest BCUT2D eigenvalue weighted by atomic mass is 35.5. The normalized spacial score (nSPS) is 9.26. The van der Waals surface area contributed by atoms with Crippen LogP contribution in [0.1, 0.15) is 0 Å². The van der Waals surface area contributed by atoms with Crippen molar-refractivity contribution in [3.63, 3.8) is 0 Å². The summed E-state index contributed by atoms with van der Waals surface area (Å²) in [5, 5.41) is 2.68. The second kappa shape index (κ2) is 10.9. The molecule has 0 fully saturated rings. The molecule has 110 valence electrons. The lowest BCUT2D eigenvalue weighted by Crippen LogP contribution is -2.22. The minimum Gasteiger partial charge on any atom is -0.492 e. The molecule has 1 rings (SSSR count). The van der Waals surface area contributed by atoms with Gasteiger partial charge < -0.3 is 20.7 Å². The molecule has 0 radical (unpaired) electrons. The van der Waals surface area contributed by atoms with E-state index in [-0.39, 0.29) is 37.3 Å². The van der Waals surface area contributed by atoms with Gasteiger partial charge in [0.15, 0.2) is 0 Å². The molecule has 1 aromatic carbocycles. The maximum absolute atomic E-state index is 11.1. The number of hydrogen-bond donors (Lipinski definition) is 2. The van der Waals surface area contributed by atoms with Gasteiger partial charge in [-0.3, -0.25) is 4.79 Å². The molecular formula is C12H21Cl2N3O2. The van der Waals surface area contributed by atoms with Crippen LogP contribution in [0.25, 0.3) is 0 Å². The highest BCUT2D eigenvalue weighted by Crippen LogP contribution is 2.17. The monoisotopic (exact) mass is 309 g/mol. The van der Waals surface area contributed by atoms with Crippen LogP contribution in [0, 0.1) is 0 Å². The average molecular weight is 310 g/mol. The Morgan fingerprint density at radius 2 is 2.05 bits per heavy atom. The van der Waals surface area contributed by atoms with Gasteiger partial charge in [0.1, 0.15) is 12.4 Å². The highest BCUT2D eigenvalue weighted by molar-refractivity contribution is 5.92. The fraction of sp³-hybridized carbons (Fsp3) is 0.417. The topological polar surface area (TPSA) is 67.6 Å². The van der Waals surface area contributed by atoms with Gasteiger partial charge in [-0.15, -0.1) is 24.8 Å². The third-order valence-corrected chi connectivity index (χ3v) is 2.11. The molecule has 0 bridgehead atoms. The Morgan fingerprint density at radius 1 is 1.37 bits per heavy atom. The lowest BCUT2D eigenvalue weighted by molar-refractivity contribution is -0.114. The summed E-state index contributed by atoms with van der Waals surface area (Å²) in [6.07, 6.45) is 0. The van der Waals surface area contributed by atoms with Gasteiger partial charge in [-0.1, -0.05) is 6.07 Å². The smallest absolute Gasteiger partial charge is 0.238 e. The summed E-state index contributed by atoms with van der Waals surface area (Å²) in [5.41, 5.74) is 5.92. The van der Waals surface area contributed by atoms with Crippen LogP contribution in [-0.4, -0.2) is 44.6 Å². The summed E-state index contributed by atoms with van der Waals surface area (Å²) >= 11 is 0. The van der Waals surface area contributed by atoms with Crippen LogP contribution >= 0.6 is 24.8 Å². The predicted octanol–water partition coefficient (Wildman–Crippen LogP) is 1.37. The van der Waals surface area contributed by atoms with Gasteiger partial charge in [-0.25, -0.2) is 0 Å². The molecule has 0 atom stereocenters. The number of nitrogens with two attached hydrogens (primary N) is 1. The van der Waals surface area contributed by atoms with Crippen molar-refractivity contribution in [2.24, 2.45) is 5.73 Å². The van der Waals surface area contributed by atoms with Crippen molar-refractivity contribution in [1.82, 2.24) is 4.90 Å². The number of nitrogens with one attached hydrogen (secondary N) is 1. The van der Waals surface area contributed by atoms with Crippen LogP contribution in [0.4, 0.5) is 5.69 Å². The first-order valence-corrected chi connectivity index (χ1v) is 5.49. The number of rotatable bonds is 6. The van der Waals surface area contributed by atoms with Crippen LogP contribution in [0.5, 0.6) is 5.75 Å². The molecule has 0 unspecified atom stereocenters. The Balaban J connectivity index is 0. The molecule has 19 heavy (non-hydrogen) atoms. The molecule has 7 heteroatoms.